The molecule has 0 aliphatic carbocycles. The Morgan fingerprint density at radius 1 is 1.35 bits per heavy atom. The minimum Gasteiger partial charge on any atom is -0.398 e. The molecule has 0 amide bonds. The third kappa shape index (κ3) is 4.10. The fourth-order valence-corrected chi connectivity index (χ4v) is 3.17. The van der Waals surface area contributed by atoms with E-state index in [-0.39, 0.29) is 0 Å². The lowest BCUT2D eigenvalue weighted by Crippen LogP contribution is -2.21. The molecular weight excluding hydrogens is 260 g/mol. The summed E-state index contributed by atoms with van der Waals surface area (Å²) in [5.41, 5.74) is 6.89. The Balaban J connectivity index is 3.10. The molecule has 0 aromatic heterocycles. The summed E-state index contributed by atoms with van der Waals surface area (Å²) in [6.07, 6.45) is 0. The van der Waals surface area contributed by atoms with Crippen molar-refractivity contribution >= 4 is 31.3 Å². The van der Waals surface area contributed by atoms with E-state index in [1.54, 1.807) is 12.1 Å². The molecule has 7 heteroatoms. The van der Waals surface area contributed by atoms with Gasteiger partial charge in [-0.3, -0.25) is 4.55 Å². The molecule has 0 aliphatic heterocycles. The second kappa shape index (κ2) is 5.61. The van der Waals surface area contributed by atoms with Crippen molar-refractivity contribution in [2.24, 2.45) is 0 Å². The maximum atomic E-state index is 10.8. The lowest BCUT2D eigenvalue weighted by atomic mass is 10.2. The molecule has 1 aromatic carbocycles. The van der Waals surface area contributed by atoms with E-state index in [0.29, 0.717) is 21.4 Å². The molecule has 0 spiro atoms. The zero-order valence-corrected chi connectivity index (χ0v) is 11.4. The average Bonchev–Trinajstić information content (AvgIpc) is 2.22. The highest BCUT2D eigenvalue weighted by molar-refractivity contribution is 8.70. The van der Waals surface area contributed by atoms with Gasteiger partial charge in [-0.05, 0) is 32.0 Å². The first kappa shape index (κ1) is 14.1. The third-order valence-corrected chi connectivity index (χ3v) is 4.24. The number of benzene rings is 1. The van der Waals surface area contributed by atoms with Crippen LogP contribution in [0.1, 0.15) is 13.8 Å². The third-order valence-electron chi connectivity index (χ3n) is 2.32. The molecule has 0 atom stereocenters. The molecule has 0 heterocycles. The zero-order chi connectivity index (χ0) is 13.1. The molecule has 0 bridgehead atoms. The Hall–Kier alpha value is -0.920. The molecule has 0 unspecified atom stereocenters. The normalized spacial score (nSPS) is 11.5. The standard InChI is InChI=1S/C10H16N2O3S2/c1-3-12(4-2)8-5-6-9(11)10(7-8)16-17(13,14)15/h5-7H,3-4,11H2,1-2H3,(H,13,14,15). The SMILES string of the molecule is CCN(CC)c1ccc(N)c(SS(=O)(=O)O)c1. The molecule has 1 rings (SSSR count). The highest BCUT2D eigenvalue weighted by Crippen LogP contribution is 2.32. The van der Waals surface area contributed by atoms with E-state index >= 15 is 0 Å². The maximum Gasteiger partial charge on any atom is 0.324 e. The van der Waals surface area contributed by atoms with Gasteiger partial charge in [0, 0.05) is 35.3 Å². The van der Waals surface area contributed by atoms with Crippen molar-refractivity contribution in [2.45, 2.75) is 18.7 Å². The summed E-state index contributed by atoms with van der Waals surface area (Å²) in [5.74, 6) is 0. The van der Waals surface area contributed by atoms with Crippen molar-refractivity contribution in [3.05, 3.63) is 18.2 Å². The molecule has 17 heavy (non-hydrogen) atoms. The van der Waals surface area contributed by atoms with E-state index in [4.69, 9.17) is 10.3 Å². The largest absolute Gasteiger partial charge is 0.398 e. The molecule has 1 aromatic rings. The minimum absolute atomic E-state index is 0.337. The molecule has 0 saturated carbocycles. The van der Waals surface area contributed by atoms with Gasteiger partial charge in [0.15, 0.2) is 0 Å². The second-order valence-corrected chi connectivity index (χ2v) is 6.63. The van der Waals surface area contributed by atoms with Gasteiger partial charge >= 0.3 is 9.15 Å². The Labute approximate surface area is 105 Å². The van der Waals surface area contributed by atoms with Gasteiger partial charge in [0.1, 0.15) is 0 Å². The van der Waals surface area contributed by atoms with Gasteiger partial charge in [-0.1, -0.05) is 0 Å². The molecule has 5 nitrogen and oxygen atoms in total. The summed E-state index contributed by atoms with van der Waals surface area (Å²) in [4.78, 5) is 2.41. The van der Waals surface area contributed by atoms with Gasteiger partial charge in [-0.2, -0.15) is 8.42 Å². The van der Waals surface area contributed by atoms with Crippen LogP contribution in [-0.4, -0.2) is 26.1 Å². The van der Waals surface area contributed by atoms with Crippen molar-refractivity contribution < 1.29 is 13.0 Å². The summed E-state index contributed by atoms with van der Waals surface area (Å²) >= 11 is 0. The van der Waals surface area contributed by atoms with Crippen LogP contribution in [-0.2, 0) is 9.15 Å². The molecule has 0 radical (unpaired) electrons. The predicted molar refractivity (Wildman–Crippen MR) is 71.8 cm³/mol. The predicted octanol–water partition coefficient (Wildman–Crippen LogP) is 2.01. The van der Waals surface area contributed by atoms with Crippen LogP contribution in [0.15, 0.2) is 23.1 Å². The summed E-state index contributed by atoms with van der Waals surface area (Å²) in [6.45, 7) is 5.65. The number of nitrogens with two attached hydrogens (primary N) is 1. The van der Waals surface area contributed by atoms with E-state index in [1.807, 2.05) is 19.9 Å². The fraction of sp³-hybridized carbons (Fsp3) is 0.400. The summed E-state index contributed by atoms with van der Waals surface area (Å²) in [5, 5.41) is 0. The minimum atomic E-state index is -4.14. The molecular formula is C10H16N2O3S2. The lowest BCUT2D eigenvalue weighted by Gasteiger charge is -2.21. The van der Waals surface area contributed by atoms with E-state index in [2.05, 4.69) is 4.90 Å². The van der Waals surface area contributed by atoms with E-state index in [0.717, 1.165) is 18.8 Å². The summed E-state index contributed by atoms with van der Waals surface area (Å²) in [6, 6.07) is 5.14. The number of hydrogen-bond donors (Lipinski definition) is 2. The van der Waals surface area contributed by atoms with Crippen LogP contribution in [0.4, 0.5) is 11.4 Å². The molecule has 0 aliphatic rings. The first-order valence-corrected chi connectivity index (χ1v) is 7.96. The number of hydrogen-bond acceptors (Lipinski definition) is 5. The van der Waals surface area contributed by atoms with Crippen LogP contribution in [0.25, 0.3) is 0 Å². The first-order valence-electron chi connectivity index (χ1n) is 5.18. The van der Waals surface area contributed by atoms with Gasteiger partial charge in [0.2, 0.25) is 0 Å². The Morgan fingerprint density at radius 3 is 2.41 bits per heavy atom. The molecule has 0 saturated heterocycles. The van der Waals surface area contributed by atoms with Crippen molar-refractivity contribution in [2.75, 3.05) is 23.7 Å². The highest BCUT2D eigenvalue weighted by Gasteiger charge is 2.13. The van der Waals surface area contributed by atoms with Crippen LogP contribution in [0.5, 0.6) is 0 Å². The average molecular weight is 276 g/mol. The molecule has 0 fully saturated rings. The zero-order valence-electron chi connectivity index (χ0n) is 9.75. The van der Waals surface area contributed by atoms with Crippen molar-refractivity contribution in [1.82, 2.24) is 0 Å². The van der Waals surface area contributed by atoms with Gasteiger partial charge in [-0.15, -0.1) is 0 Å². The Kier molecular flexibility index (Phi) is 4.67. The fourth-order valence-electron chi connectivity index (χ4n) is 1.49. The van der Waals surface area contributed by atoms with Crippen LogP contribution < -0.4 is 10.6 Å². The number of nitrogens with zero attached hydrogens (tertiary/aromatic N) is 1. The lowest BCUT2D eigenvalue weighted by molar-refractivity contribution is 0.503. The quantitative estimate of drug-likeness (QED) is 0.486. The summed E-state index contributed by atoms with van der Waals surface area (Å²) in [7, 11) is -3.78. The second-order valence-electron chi connectivity index (χ2n) is 3.41. The number of nitrogen functional groups attached to an aromatic ring is 1. The molecule has 96 valence electrons. The van der Waals surface area contributed by atoms with Gasteiger partial charge < -0.3 is 10.6 Å². The van der Waals surface area contributed by atoms with Gasteiger partial charge in [0.25, 0.3) is 0 Å². The van der Waals surface area contributed by atoms with E-state index < -0.39 is 9.15 Å². The van der Waals surface area contributed by atoms with Crippen molar-refractivity contribution in [1.29, 1.82) is 0 Å². The van der Waals surface area contributed by atoms with E-state index in [9.17, 15) is 8.42 Å². The van der Waals surface area contributed by atoms with Crippen LogP contribution >= 0.6 is 10.8 Å². The number of anilines is 2. The van der Waals surface area contributed by atoms with Crippen molar-refractivity contribution in [3.63, 3.8) is 0 Å². The van der Waals surface area contributed by atoms with E-state index in [1.165, 1.54) is 0 Å². The summed E-state index contributed by atoms with van der Waals surface area (Å²) < 4.78 is 30.5. The van der Waals surface area contributed by atoms with Crippen molar-refractivity contribution in [3.8, 4) is 0 Å². The van der Waals surface area contributed by atoms with Gasteiger partial charge in [0.05, 0.1) is 4.90 Å². The maximum absolute atomic E-state index is 10.8. The van der Waals surface area contributed by atoms with Crippen LogP contribution in [0, 0.1) is 0 Å². The smallest absolute Gasteiger partial charge is 0.324 e. The molecule has 3 N–H and O–H groups in total. The topological polar surface area (TPSA) is 83.6 Å². The number of rotatable bonds is 5. The highest BCUT2D eigenvalue weighted by atomic mass is 33.1. The van der Waals surface area contributed by atoms with Crippen LogP contribution in [0.3, 0.4) is 0 Å². The monoisotopic (exact) mass is 276 g/mol. The Bertz CT molecular complexity index is 484. The van der Waals surface area contributed by atoms with Gasteiger partial charge in [-0.25, -0.2) is 0 Å². The first-order chi connectivity index (χ1) is 7.87. The van der Waals surface area contributed by atoms with Crippen LogP contribution in [0.2, 0.25) is 0 Å². The Morgan fingerprint density at radius 2 is 1.94 bits per heavy atom.